The molecular formula is C28H28ClFN2O3S. The molecule has 0 N–H and O–H groups in total. The molecule has 3 aromatic carbocycles. The highest BCUT2D eigenvalue weighted by molar-refractivity contribution is 7.89. The molecule has 0 radical (unpaired) electrons. The standard InChI is InChI=1S/C28H28ClFN2O3S/c1-19-28(24-5-3-4-6-25(24)32(19)18-20-7-10-23(30)11-8-20)21-13-15-31(16-14-21)36(33,34)27-17-22(29)9-12-26(27)35-2/h3-12,17,21H,13-16,18H2,1-2H3. The Balaban J connectivity index is 1.43. The van der Waals surface area contributed by atoms with Crippen LogP contribution in [0, 0.1) is 12.7 Å². The summed E-state index contributed by atoms with van der Waals surface area (Å²) in [5.74, 6) is 0.281. The van der Waals surface area contributed by atoms with E-state index in [4.69, 9.17) is 16.3 Å². The van der Waals surface area contributed by atoms with Gasteiger partial charge in [-0.2, -0.15) is 4.31 Å². The van der Waals surface area contributed by atoms with Crippen LogP contribution in [0.3, 0.4) is 0 Å². The highest BCUT2D eigenvalue weighted by atomic mass is 35.5. The summed E-state index contributed by atoms with van der Waals surface area (Å²) in [6.45, 7) is 3.60. The predicted molar refractivity (Wildman–Crippen MR) is 141 cm³/mol. The Kier molecular flexibility index (Phi) is 6.81. The zero-order valence-corrected chi connectivity index (χ0v) is 21.8. The minimum absolute atomic E-state index is 0.100. The van der Waals surface area contributed by atoms with Crippen molar-refractivity contribution in [2.45, 2.75) is 37.1 Å². The Bertz CT molecular complexity index is 1510. The maximum absolute atomic E-state index is 13.4. The molecule has 1 aromatic heterocycles. The minimum atomic E-state index is -3.74. The molecule has 0 amide bonds. The van der Waals surface area contributed by atoms with Gasteiger partial charge < -0.3 is 9.30 Å². The van der Waals surface area contributed by atoms with E-state index in [0.29, 0.717) is 43.2 Å². The van der Waals surface area contributed by atoms with Gasteiger partial charge in [-0.05, 0) is 73.2 Å². The number of sulfonamides is 1. The number of nitrogens with zero attached hydrogens (tertiary/aromatic N) is 2. The third-order valence-electron chi connectivity index (χ3n) is 7.14. The SMILES string of the molecule is COc1ccc(Cl)cc1S(=O)(=O)N1CCC(c2c(C)n(Cc3ccc(F)cc3)c3ccccc23)CC1. The fourth-order valence-corrected chi connectivity index (χ4v) is 7.21. The van der Waals surface area contributed by atoms with E-state index in [0.717, 1.165) is 11.1 Å². The first-order valence-corrected chi connectivity index (χ1v) is 13.8. The molecule has 36 heavy (non-hydrogen) atoms. The smallest absolute Gasteiger partial charge is 0.246 e. The molecule has 2 heterocycles. The molecule has 0 bridgehead atoms. The largest absolute Gasteiger partial charge is 0.495 e. The first-order valence-electron chi connectivity index (χ1n) is 12.0. The number of aromatic nitrogens is 1. The van der Waals surface area contributed by atoms with Crippen LogP contribution in [0.2, 0.25) is 5.02 Å². The van der Waals surface area contributed by atoms with Crippen molar-refractivity contribution in [2.75, 3.05) is 20.2 Å². The van der Waals surface area contributed by atoms with Crippen LogP contribution in [-0.2, 0) is 16.6 Å². The molecule has 0 aliphatic carbocycles. The number of benzene rings is 3. The van der Waals surface area contributed by atoms with Crippen LogP contribution in [0.4, 0.5) is 4.39 Å². The Morgan fingerprint density at radius 1 is 1.03 bits per heavy atom. The summed E-state index contributed by atoms with van der Waals surface area (Å²) in [6, 6.07) is 19.6. The maximum Gasteiger partial charge on any atom is 0.246 e. The lowest BCUT2D eigenvalue weighted by molar-refractivity contribution is 0.317. The fraction of sp³-hybridized carbons (Fsp3) is 0.286. The van der Waals surface area contributed by atoms with E-state index in [2.05, 4.69) is 23.6 Å². The van der Waals surface area contributed by atoms with Gasteiger partial charge in [-0.1, -0.05) is 41.9 Å². The third-order valence-corrected chi connectivity index (χ3v) is 9.29. The number of ether oxygens (including phenoxy) is 1. The van der Waals surface area contributed by atoms with Crippen molar-refractivity contribution in [1.29, 1.82) is 0 Å². The highest BCUT2D eigenvalue weighted by Gasteiger charge is 2.33. The van der Waals surface area contributed by atoms with Crippen molar-refractivity contribution in [3.05, 3.63) is 94.4 Å². The summed E-state index contributed by atoms with van der Waals surface area (Å²) in [4.78, 5) is 0.100. The molecule has 1 fully saturated rings. The molecule has 8 heteroatoms. The van der Waals surface area contributed by atoms with E-state index < -0.39 is 10.0 Å². The second-order valence-electron chi connectivity index (χ2n) is 9.20. The average molecular weight is 527 g/mol. The molecule has 5 nitrogen and oxygen atoms in total. The summed E-state index contributed by atoms with van der Waals surface area (Å²) >= 11 is 6.10. The minimum Gasteiger partial charge on any atom is -0.495 e. The van der Waals surface area contributed by atoms with Crippen molar-refractivity contribution in [1.82, 2.24) is 8.87 Å². The molecular weight excluding hydrogens is 499 g/mol. The van der Waals surface area contributed by atoms with E-state index >= 15 is 0 Å². The Morgan fingerprint density at radius 2 is 1.72 bits per heavy atom. The zero-order valence-electron chi connectivity index (χ0n) is 20.2. The quantitative estimate of drug-likeness (QED) is 0.293. The van der Waals surface area contributed by atoms with Crippen molar-refractivity contribution >= 4 is 32.5 Å². The molecule has 5 rings (SSSR count). The van der Waals surface area contributed by atoms with Crippen molar-refractivity contribution in [3.63, 3.8) is 0 Å². The molecule has 0 atom stereocenters. The number of para-hydroxylation sites is 1. The van der Waals surface area contributed by atoms with E-state index in [1.165, 1.54) is 46.3 Å². The number of methoxy groups -OCH3 is 1. The molecule has 0 spiro atoms. The Hall–Kier alpha value is -2.87. The second kappa shape index (κ2) is 9.88. The number of halogens is 2. The summed E-state index contributed by atoms with van der Waals surface area (Å²) in [6.07, 6.45) is 1.43. The normalized spacial score (nSPS) is 15.4. The van der Waals surface area contributed by atoms with Crippen LogP contribution in [0.1, 0.15) is 35.6 Å². The monoisotopic (exact) mass is 526 g/mol. The number of hydrogen-bond acceptors (Lipinski definition) is 3. The second-order valence-corrected chi connectivity index (χ2v) is 11.5. The maximum atomic E-state index is 13.4. The number of piperidine rings is 1. The summed E-state index contributed by atoms with van der Waals surface area (Å²) < 4.78 is 49.4. The van der Waals surface area contributed by atoms with Gasteiger partial charge in [0.25, 0.3) is 0 Å². The van der Waals surface area contributed by atoms with Crippen LogP contribution in [0.15, 0.2) is 71.6 Å². The number of rotatable bonds is 6. The van der Waals surface area contributed by atoms with Crippen molar-refractivity contribution in [3.8, 4) is 5.75 Å². The lowest BCUT2D eigenvalue weighted by Crippen LogP contribution is -2.38. The van der Waals surface area contributed by atoms with Gasteiger partial charge in [0.15, 0.2) is 0 Å². The molecule has 1 saturated heterocycles. The fourth-order valence-electron chi connectivity index (χ4n) is 5.33. The summed E-state index contributed by atoms with van der Waals surface area (Å²) in [5, 5.41) is 1.55. The first kappa shape index (κ1) is 24.8. The lowest BCUT2D eigenvalue weighted by atomic mass is 9.88. The van der Waals surface area contributed by atoms with Crippen LogP contribution < -0.4 is 4.74 Å². The molecule has 1 aliphatic rings. The summed E-state index contributed by atoms with van der Waals surface area (Å²) in [7, 11) is -2.28. The van der Waals surface area contributed by atoms with Gasteiger partial charge >= 0.3 is 0 Å². The van der Waals surface area contributed by atoms with Crippen LogP contribution in [-0.4, -0.2) is 37.5 Å². The van der Waals surface area contributed by atoms with E-state index in [1.54, 1.807) is 12.1 Å². The van der Waals surface area contributed by atoms with Crippen LogP contribution >= 0.6 is 11.6 Å². The third kappa shape index (κ3) is 4.51. The number of fused-ring (bicyclic) bond motifs is 1. The van der Waals surface area contributed by atoms with Crippen molar-refractivity contribution in [2.24, 2.45) is 0 Å². The van der Waals surface area contributed by atoms with Gasteiger partial charge in [0, 0.05) is 41.3 Å². The highest BCUT2D eigenvalue weighted by Crippen LogP contribution is 2.39. The van der Waals surface area contributed by atoms with Gasteiger partial charge in [-0.3, -0.25) is 0 Å². The Morgan fingerprint density at radius 3 is 2.42 bits per heavy atom. The number of hydrogen-bond donors (Lipinski definition) is 0. The van der Waals surface area contributed by atoms with Gasteiger partial charge in [-0.15, -0.1) is 0 Å². The average Bonchev–Trinajstić information content (AvgIpc) is 3.16. The molecule has 188 valence electrons. The van der Waals surface area contributed by atoms with E-state index in [9.17, 15) is 12.8 Å². The van der Waals surface area contributed by atoms with Gasteiger partial charge in [0.2, 0.25) is 10.0 Å². The van der Waals surface area contributed by atoms with Gasteiger partial charge in [-0.25, -0.2) is 12.8 Å². The molecule has 0 saturated carbocycles. The molecule has 4 aromatic rings. The van der Waals surface area contributed by atoms with Crippen molar-refractivity contribution < 1.29 is 17.5 Å². The van der Waals surface area contributed by atoms with Crippen LogP contribution in [0.25, 0.3) is 10.9 Å². The van der Waals surface area contributed by atoms with E-state index in [1.807, 2.05) is 24.3 Å². The lowest BCUT2D eigenvalue weighted by Gasteiger charge is -2.32. The van der Waals surface area contributed by atoms with Gasteiger partial charge in [0.1, 0.15) is 16.5 Å². The summed E-state index contributed by atoms with van der Waals surface area (Å²) in [5.41, 5.74) is 4.60. The topological polar surface area (TPSA) is 51.5 Å². The zero-order chi connectivity index (χ0) is 25.4. The first-order chi connectivity index (χ1) is 17.3. The van der Waals surface area contributed by atoms with E-state index in [-0.39, 0.29) is 16.6 Å². The predicted octanol–water partition coefficient (Wildman–Crippen LogP) is 6.37. The van der Waals surface area contributed by atoms with Gasteiger partial charge in [0.05, 0.1) is 7.11 Å². The molecule has 1 aliphatic heterocycles. The Labute approximate surface area is 216 Å². The molecule has 0 unspecified atom stereocenters. The van der Waals surface area contributed by atoms with Crippen LogP contribution in [0.5, 0.6) is 5.75 Å².